The van der Waals surface area contributed by atoms with Crippen LogP contribution < -0.4 is 5.32 Å². The number of hydrogen-bond donors (Lipinski definition) is 2. The number of nitrogens with zero attached hydrogens (tertiary/aromatic N) is 2. The number of thiophene rings is 1. The van der Waals surface area contributed by atoms with Crippen molar-refractivity contribution in [3.8, 4) is 10.7 Å². The Bertz CT molecular complexity index is 495. The summed E-state index contributed by atoms with van der Waals surface area (Å²) in [7, 11) is 0. The van der Waals surface area contributed by atoms with Crippen molar-refractivity contribution in [3.63, 3.8) is 0 Å². The molecule has 18 heavy (non-hydrogen) atoms. The fourth-order valence-electron chi connectivity index (χ4n) is 1.28. The number of carbonyl (C=O) groups excluding carboxylic acids is 1. The first-order chi connectivity index (χ1) is 8.79. The largest absolute Gasteiger partial charge is 0.355 e. The SMILES string of the molecule is CCCNC(=O)CSc1n[nH]c(-c2cccs2)n1. The van der Waals surface area contributed by atoms with Gasteiger partial charge in [-0.1, -0.05) is 24.8 Å². The molecule has 0 saturated heterocycles. The van der Waals surface area contributed by atoms with Crippen LogP contribution in [0.1, 0.15) is 13.3 Å². The van der Waals surface area contributed by atoms with Crippen molar-refractivity contribution in [2.45, 2.75) is 18.5 Å². The van der Waals surface area contributed by atoms with Crippen LogP contribution in [0, 0.1) is 0 Å². The lowest BCUT2D eigenvalue weighted by molar-refractivity contribution is -0.118. The topological polar surface area (TPSA) is 70.7 Å². The molecule has 7 heteroatoms. The standard InChI is InChI=1S/C11H14N4OS2/c1-2-5-12-9(16)7-18-11-13-10(14-15-11)8-4-3-6-17-8/h3-4,6H,2,5,7H2,1H3,(H,12,16)(H,13,14,15). The third-order valence-electron chi connectivity index (χ3n) is 2.12. The normalized spacial score (nSPS) is 10.5. The summed E-state index contributed by atoms with van der Waals surface area (Å²) in [6, 6.07) is 3.95. The van der Waals surface area contributed by atoms with E-state index in [1.165, 1.54) is 11.8 Å². The lowest BCUT2D eigenvalue weighted by Crippen LogP contribution is -2.25. The number of amides is 1. The molecule has 2 N–H and O–H groups in total. The Labute approximate surface area is 113 Å². The predicted molar refractivity (Wildman–Crippen MR) is 73.7 cm³/mol. The summed E-state index contributed by atoms with van der Waals surface area (Å²) in [5.74, 6) is 1.12. The number of nitrogens with one attached hydrogen (secondary N) is 2. The minimum absolute atomic E-state index is 0.0179. The summed E-state index contributed by atoms with van der Waals surface area (Å²) >= 11 is 2.94. The second-order valence-corrected chi connectivity index (χ2v) is 5.47. The highest BCUT2D eigenvalue weighted by Crippen LogP contribution is 2.22. The van der Waals surface area contributed by atoms with E-state index in [0.717, 1.165) is 17.1 Å². The highest BCUT2D eigenvalue weighted by Gasteiger charge is 2.08. The van der Waals surface area contributed by atoms with Gasteiger partial charge in [-0.05, 0) is 17.9 Å². The molecule has 1 amide bonds. The van der Waals surface area contributed by atoms with Gasteiger partial charge in [0.15, 0.2) is 5.82 Å². The molecular weight excluding hydrogens is 268 g/mol. The molecule has 2 heterocycles. The molecule has 0 aliphatic rings. The van der Waals surface area contributed by atoms with Crippen LogP contribution in [0.4, 0.5) is 0 Å². The number of H-pyrrole nitrogens is 1. The average Bonchev–Trinajstić information content (AvgIpc) is 3.03. The lowest BCUT2D eigenvalue weighted by Gasteiger charge is -2.00. The van der Waals surface area contributed by atoms with Gasteiger partial charge in [-0.15, -0.1) is 16.4 Å². The van der Waals surface area contributed by atoms with Crippen LogP contribution >= 0.6 is 23.1 Å². The van der Waals surface area contributed by atoms with Gasteiger partial charge in [0, 0.05) is 6.54 Å². The summed E-state index contributed by atoms with van der Waals surface area (Å²) in [4.78, 5) is 16.8. The second-order valence-electron chi connectivity index (χ2n) is 3.58. The highest BCUT2D eigenvalue weighted by atomic mass is 32.2. The molecule has 0 bridgehead atoms. The van der Waals surface area contributed by atoms with E-state index >= 15 is 0 Å². The van der Waals surface area contributed by atoms with Crippen molar-refractivity contribution in [2.24, 2.45) is 0 Å². The summed E-state index contributed by atoms with van der Waals surface area (Å²) in [6.45, 7) is 2.74. The summed E-state index contributed by atoms with van der Waals surface area (Å²) in [5.41, 5.74) is 0. The van der Waals surface area contributed by atoms with Gasteiger partial charge in [0.2, 0.25) is 11.1 Å². The average molecular weight is 282 g/mol. The number of aromatic nitrogens is 3. The molecular formula is C11H14N4OS2. The zero-order valence-electron chi connectivity index (χ0n) is 9.97. The van der Waals surface area contributed by atoms with Crippen molar-refractivity contribution < 1.29 is 4.79 Å². The van der Waals surface area contributed by atoms with Crippen molar-refractivity contribution in [2.75, 3.05) is 12.3 Å². The molecule has 0 radical (unpaired) electrons. The Kier molecular flexibility index (Phi) is 4.77. The van der Waals surface area contributed by atoms with Crippen LogP contribution in [0.3, 0.4) is 0 Å². The Morgan fingerprint density at radius 3 is 3.22 bits per heavy atom. The summed E-state index contributed by atoms with van der Waals surface area (Å²) < 4.78 is 0. The summed E-state index contributed by atoms with van der Waals surface area (Å²) in [6.07, 6.45) is 0.944. The van der Waals surface area contributed by atoms with Gasteiger partial charge in [-0.2, -0.15) is 0 Å². The third-order valence-corrected chi connectivity index (χ3v) is 3.85. The first kappa shape index (κ1) is 13.1. The number of carbonyl (C=O) groups is 1. The van der Waals surface area contributed by atoms with Gasteiger partial charge in [0.05, 0.1) is 10.6 Å². The number of rotatable bonds is 6. The van der Waals surface area contributed by atoms with Gasteiger partial charge in [-0.3, -0.25) is 9.89 Å². The Hall–Kier alpha value is -1.34. The van der Waals surface area contributed by atoms with Gasteiger partial charge in [0.25, 0.3) is 0 Å². The third kappa shape index (κ3) is 3.58. The van der Waals surface area contributed by atoms with Crippen LogP contribution in [0.2, 0.25) is 0 Å². The number of aromatic amines is 1. The molecule has 2 rings (SSSR count). The fourth-order valence-corrected chi connectivity index (χ4v) is 2.57. The molecule has 5 nitrogen and oxygen atoms in total. The van der Waals surface area contributed by atoms with E-state index in [1.54, 1.807) is 11.3 Å². The predicted octanol–water partition coefficient (Wildman–Crippen LogP) is 2.15. The van der Waals surface area contributed by atoms with Gasteiger partial charge < -0.3 is 5.32 Å². The minimum Gasteiger partial charge on any atom is -0.355 e. The molecule has 0 unspecified atom stereocenters. The monoisotopic (exact) mass is 282 g/mol. The van der Waals surface area contributed by atoms with Crippen LogP contribution in [0.25, 0.3) is 10.7 Å². The summed E-state index contributed by atoms with van der Waals surface area (Å²) in [5, 5.41) is 12.4. The van der Waals surface area contributed by atoms with Crippen LogP contribution in [0.5, 0.6) is 0 Å². The van der Waals surface area contributed by atoms with Crippen LogP contribution in [-0.4, -0.2) is 33.4 Å². The number of thioether (sulfide) groups is 1. The maximum Gasteiger partial charge on any atom is 0.230 e. The van der Waals surface area contributed by atoms with E-state index in [-0.39, 0.29) is 5.91 Å². The first-order valence-electron chi connectivity index (χ1n) is 5.65. The maximum atomic E-state index is 11.4. The van der Waals surface area contributed by atoms with Gasteiger partial charge >= 0.3 is 0 Å². The maximum absolute atomic E-state index is 11.4. The fraction of sp³-hybridized carbons (Fsp3) is 0.364. The molecule has 0 saturated carbocycles. The molecule has 0 atom stereocenters. The molecule has 2 aromatic rings. The molecule has 0 fully saturated rings. The van der Waals surface area contributed by atoms with Gasteiger partial charge in [0.1, 0.15) is 0 Å². The van der Waals surface area contributed by atoms with Crippen molar-refractivity contribution in [3.05, 3.63) is 17.5 Å². The van der Waals surface area contributed by atoms with Crippen molar-refractivity contribution in [1.29, 1.82) is 0 Å². The molecule has 2 aromatic heterocycles. The Morgan fingerprint density at radius 1 is 1.61 bits per heavy atom. The van der Waals surface area contributed by atoms with Crippen LogP contribution in [-0.2, 0) is 4.79 Å². The highest BCUT2D eigenvalue weighted by molar-refractivity contribution is 7.99. The van der Waals surface area contributed by atoms with E-state index in [1.807, 2.05) is 24.4 Å². The number of hydrogen-bond acceptors (Lipinski definition) is 5. The smallest absolute Gasteiger partial charge is 0.230 e. The molecule has 0 spiro atoms. The second kappa shape index (κ2) is 6.55. The Morgan fingerprint density at radius 2 is 2.50 bits per heavy atom. The van der Waals surface area contributed by atoms with E-state index in [9.17, 15) is 4.79 Å². The Balaban J connectivity index is 1.86. The molecule has 0 aromatic carbocycles. The molecule has 0 aliphatic heterocycles. The first-order valence-corrected chi connectivity index (χ1v) is 7.52. The zero-order chi connectivity index (χ0) is 12.8. The lowest BCUT2D eigenvalue weighted by atomic mass is 10.4. The van der Waals surface area contributed by atoms with Crippen LogP contribution in [0.15, 0.2) is 22.7 Å². The minimum atomic E-state index is 0.0179. The van der Waals surface area contributed by atoms with E-state index in [4.69, 9.17) is 0 Å². The van der Waals surface area contributed by atoms with Crippen molar-refractivity contribution in [1.82, 2.24) is 20.5 Å². The van der Waals surface area contributed by atoms with E-state index in [0.29, 0.717) is 17.5 Å². The molecule has 0 aliphatic carbocycles. The van der Waals surface area contributed by atoms with E-state index in [2.05, 4.69) is 20.5 Å². The molecule has 96 valence electrons. The quantitative estimate of drug-likeness (QED) is 0.796. The van der Waals surface area contributed by atoms with E-state index < -0.39 is 0 Å². The van der Waals surface area contributed by atoms with Crippen molar-refractivity contribution >= 4 is 29.0 Å². The zero-order valence-corrected chi connectivity index (χ0v) is 11.6. The van der Waals surface area contributed by atoms with Gasteiger partial charge in [-0.25, -0.2) is 4.98 Å².